The van der Waals surface area contributed by atoms with Crippen LogP contribution in [-0.2, 0) is 0 Å². The van der Waals surface area contributed by atoms with Gasteiger partial charge in [-0.15, -0.1) is 11.3 Å². The Balaban J connectivity index is 1.38. The van der Waals surface area contributed by atoms with Gasteiger partial charge in [-0.25, -0.2) is 9.97 Å². The van der Waals surface area contributed by atoms with Gasteiger partial charge in [0.25, 0.3) is 0 Å². The van der Waals surface area contributed by atoms with Crippen molar-refractivity contribution in [3.8, 4) is 0 Å². The first-order valence-corrected chi connectivity index (χ1v) is 10.3. The van der Waals surface area contributed by atoms with Gasteiger partial charge in [-0.3, -0.25) is 4.90 Å². The van der Waals surface area contributed by atoms with Crippen molar-refractivity contribution in [2.45, 2.75) is 70.4 Å². The molecule has 1 aliphatic carbocycles. The number of hydrogen-bond donors (Lipinski definition) is 1. The van der Waals surface area contributed by atoms with E-state index in [1.807, 2.05) is 0 Å². The summed E-state index contributed by atoms with van der Waals surface area (Å²) in [6, 6.07) is 3.82. The van der Waals surface area contributed by atoms with Crippen LogP contribution in [0.1, 0.15) is 56.2 Å². The molecule has 1 saturated carbocycles. The van der Waals surface area contributed by atoms with Crippen LogP contribution in [0.3, 0.4) is 0 Å². The van der Waals surface area contributed by atoms with Gasteiger partial charge in [0.2, 0.25) is 0 Å². The number of thiophene rings is 1. The highest BCUT2D eigenvalue weighted by molar-refractivity contribution is 7.18. The lowest BCUT2D eigenvalue weighted by molar-refractivity contribution is 0.0933. The fourth-order valence-corrected chi connectivity index (χ4v) is 5.37. The first kappa shape index (κ1) is 16.3. The van der Waals surface area contributed by atoms with Crippen molar-refractivity contribution in [1.29, 1.82) is 0 Å². The van der Waals surface area contributed by atoms with E-state index in [9.17, 15) is 0 Å². The van der Waals surface area contributed by atoms with Crippen LogP contribution in [-0.4, -0.2) is 40.0 Å². The minimum atomic E-state index is 0.760. The van der Waals surface area contributed by atoms with Crippen LogP contribution in [0.4, 0.5) is 5.82 Å². The Labute approximate surface area is 148 Å². The Bertz CT molecular complexity index is 677. The average molecular weight is 345 g/mol. The number of anilines is 1. The number of likely N-dealkylation sites (tertiary alicyclic amines) is 1. The van der Waals surface area contributed by atoms with Crippen molar-refractivity contribution in [3.63, 3.8) is 0 Å². The lowest BCUT2D eigenvalue weighted by Gasteiger charge is -2.40. The van der Waals surface area contributed by atoms with Gasteiger partial charge in [0.15, 0.2) is 0 Å². The summed E-state index contributed by atoms with van der Waals surface area (Å²) in [4.78, 5) is 14.1. The summed E-state index contributed by atoms with van der Waals surface area (Å²) in [6.07, 6.45) is 12.8. The van der Waals surface area contributed by atoms with Gasteiger partial charge in [0.1, 0.15) is 17.0 Å². The molecule has 0 spiro atoms. The zero-order valence-corrected chi connectivity index (χ0v) is 15.4. The topological polar surface area (TPSA) is 41.0 Å². The van der Waals surface area contributed by atoms with E-state index in [0.29, 0.717) is 0 Å². The van der Waals surface area contributed by atoms with Gasteiger partial charge in [0.05, 0.1) is 5.39 Å². The van der Waals surface area contributed by atoms with E-state index < -0.39 is 0 Å². The molecule has 2 aromatic heterocycles. The van der Waals surface area contributed by atoms with E-state index in [-0.39, 0.29) is 0 Å². The first-order chi connectivity index (χ1) is 11.8. The van der Waals surface area contributed by atoms with Crippen LogP contribution in [0.5, 0.6) is 0 Å². The quantitative estimate of drug-likeness (QED) is 0.861. The maximum absolute atomic E-state index is 4.47. The van der Waals surface area contributed by atoms with Crippen molar-refractivity contribution in [2.75, 3.05) is 18.4 Å². The smallest absolute Gasteiger partial charge is 0.138 e. The number of rotatable bonds is 5. The molecule has 0 aromatic carbocycles. The van der Waals surface area contributed by atoms with Gasteiger partial charge >= 0.3 is 0 Å². The van der Waals surface area contributed by atoms with E-state index in [4.69, 9.17) is 0 Å². The molecule has 4 nitrogen and oxygen atoms in total. The zero-order chi connectivity index (χ0) is 16.4. The van der Waals surface area contributed by atoms with Gasteiger partial charge < -0.3 is 5.32 Å². The highest BCUT2D eigenvalue weighted by Gasteiger charge is 2.30. The van der Waals surface area contributed by atoms with Gasteiger partial charge in [-0.05, 0) is 51.6 Å². The molecule has 5 heteroatoms. The summed E-state index contributed by atoms with van der Waals surface area (Å²) >= 11 is 1.75. The lowest BCUT2D eigenvalue weighted by Crippen LogP contribution is -2.45. The second kappa shape index (κ2) is 7.36. The van der Waals surface area contributed by atoms with E-state index in [2.05, 4.69) is 33.2 Å². The lowest BCUT2D eigenvalue weighted by atomic mass is 9.96. The third-order valence-corrected chi connectivity index (χ3v) is 6.65. The third-order valence-electron chi connectivity index (χ3n) is 5.69. The van der Waals surface area contributed by atoms with Crippen LogP contribution in [0.25, 0.3) is 10.2 Å². The molecule has 2 aliphatic rings. The third kappa shape index (κ3) is 3.42. The Morgan fingerprint density at radius 1 is 1.17 bits per heavy atom. The van der Waals surface area contributed by atoms with Crippen LogP contribution in [0.2, 0.25) is 0 Å². The predicted octanol–water partition coefficient (Wildman–Crippen LogP) is 4.60. The molecule has 2 fully saturated rings. The van der Waals surface area contributed by atoms with E-state index in [0.717, 1.165) is 29.3 Å². The summed E-state index contributed by atoms with van der Waals surface area (Å²) in [6.45, 7) is 4.46. The second-order valence-electron chi connectivity index (χ2n) is 7.34. The van der Waals surface area contributed by atoms with Crippen molar-refractivity contribution in [1.82, 2.24) is 14.9 Å². The van der Waals surface area contributed by atoms with Crippen LogP contribution < -0.4 is 5.32 Å². The Kier molecular flexibility index (Phi) is 4.99. The molecule has 2 aromatic rings. The number of nitrogens with one attached hydrogen (secondary N) is 1. The molecule has 4 rings (SSSR count). The maximum atomic E-state index is 4.47. The number of nitrogens with zero attached hydrogens (tertiary/aromatic N) is 3. The molecule has 0 amide bonds. The highest BCUT2D eigenvalue weighted by Crippen LogP contribution is 2.31. The van der Waals surface area contributed by atoms with Crippen molar-refractivity contribution in [2.24, 2.45) is 0 Å². The van der Waals surface area contributed by atoms with E-state index in [1.165, 1.54) is 68.2 Å². The number of aromatic nitrogens is 2. The van der Waals surface area contributed by atoms with Crippen molar-refractivity contribution < 1.29 is 0 Å². The molecule has 1 N–H and O–H groups in total. The molecule has 24 heavy (non-hydrogen) atoms. The number of piperidine rings is 1. The van der Waals surface area contributed by atoms with Crippen LogP contribution in [0.15, 0.2) is 12.4 Å². The zero-order valence-electron chi connectivity index (χ0n) is 14.6. The monoisotopic (exact) mass is 344 g/mol. The fraction of sp³-hybridized carbons (Fsp3) is 0.684. The molecular weight excluding hydrogens is 316 g/mol. The minimum Gasteiger partial charge on any atom is -0.369 e. The number of aryl methyl sites for hydroxylation is 1. The van der Waals surface area contributed by atoms with Crippen LogP contribution in [0, 0.1) is 6.92 Å². The SMILES string of the molecule is Cc1cc2c(NCC[C@H]3CCCCN3C3CCCC3)ncnc2s1. The maximum Gasteiger partial charge on any atom is 0.138 e. The van der Waals surface area contributed by atoms with Crippen molar-refractivity contribution >= 4 is 27.4 Å². The fourth-order valence-electron chi connectivity index (χ4n) is 4.52. The Morgan fingerprint density at radius 2 is 2.00 bits per heavy atom. The number of fused-ring (bicyclic) bond motifs is 1. The molecule has 130 valence electrons. The molecule has 0 unspecified atom stereocenters. The summed E-state index contributed by atoms with van der Waals surface area (Å²) in [7, 11) is 0. The first-order valence-electron chi connectivity index (χ1n) is 9.52. The largest absolute Gasteiger partial charge is 0.369 e. The second-order valence-corrected chi connectivity index (χ2v) is 8.57. The standard InChI is InChI=1S/C19H28N4S/c1-14-12-17-18(21-13-22-19(17)24-14)20-10-9-16-8-4-5-11-23(16)15-6-2-3-7-15/h12-13,15-16H,2-11H2,1H3,(H,20,21,22)/t16-/m1/s1. The van der Waals surface area contributed by atoms with Gasteiger partial charge in [-0.2, -0.15) is 0 Å². The normalized spacial score (nSPS) is 23.1. The molecule has 3 heterocycles. The molecular formula is C19H28N4S. The Morgan fingerprint density at radius 3 is 2.88 bits per heavy atom. The minimum absolute atomic E-state index is 0.760. The Hall–Kier alpha value is -1.20. The van der Waals surface area contributed by atoms with Gasteiger partial charge in [0, 0.05) is 23.5 Å². The highest BCUT2D eigenvalue weighted by atomic mass is 32.1. The summed E-state index contributed by atoms with van der Waals surface area (Å²) in [5.74, 6) is 1.01. The summed E-state index contributed by atoms with van der Waals surface area (Å²) < 4.78 is 0. The van der Waals surface area contributed by atoms with E-state index in [1.54, 1.807) is 17.7 Å². The van der Waals surface area contributed by atoms with E-state index >= 15 is 0 Å². The number of hydrogen-bond acceptors (Lipinski definition) is 5. The van der Waals surface area contributed by atoms with Crippen LogP contribution >= 0.6 is 11.3 Å². The summed E-state index contributed by atoms with van der Waals surface area (Å²) in [5.41, 5.74) is 0. The molecule has 0 bridgehead atoms. The average Bonchev–Trinajstić information content (AvgIpc) is 3.24. The summed E-state index contributed by atoms with van der Waals surface area (Å²) in [5, 5.41) is 4.77. The van der Waals surface area contributed by atoms with Crippen molar-refractivity contribution in [3.05, 3.63) is 17.3 Å². The molecule has 1 saturated heterocycles. The molecule has 1 atom stereocenters. The molecule has 0 radical (unpaired) electrons. The molecule has 1 aliphatic heterocycles. The predicted molar refractivity (Wildman–Crippen MR) is 102 cm³/mol. The van der Waals surface area contributed by atoms with Gasteiger partial charge in [-0.1, -0.05) is 19.3 Å².